The summed E-state index contributed by atoms with van der Waals surface area (Å²) in [6, 6.07) is 12.6. The van der Waals surface area contributed by atoms with Gasteiger partial charge in [0, 0.05) is 7.05 Å². The molecule has 0 heterocycles. The number of carbonyl (C=O) groups is 1. The lowest BCUT2D eigenvalue weighted by Crippen LogP contribution is -2.38. The Morgan fingerprint density at radius 2 is 1.68 bits per heavy atom. The molecule has 0 saturated carbocycles. The lowest BCUT2D eigenvalue weighted by Gasteiger charge is -2.21. The highest BCUT2D eigenvalue weighted by Gasteiger charge is 2.19. The van der Waals surface area contributed by atoms with Crippen LogP contribution in [0, 0.1) is 13.8 Å². The topological polar surface area (TPSA) is 75.7 Å². The smallest absolute Gasteiger partial charge is 0.261 e. The minimum absolute atomic E-state index is 0.134. The number of rotatable bonds is 7. The van der Waals surface area contributed by atoms with Crippen LogP contribution < -0.4 is 14.4 Å². The van der Waals surface area contributed by atoms with Gasteiger partial charge in [-0.1, -0.05) is 23.8 Å². The van der Waals surface area contributed by atoms with E-state index < -0.39 is 16.1 Å². The van der Waals surface area contributed by atoms with Gasteiger partial charge in [0.15, 0.2) is 6.10 Å². The van der Waals surface area contributed by atoms with Gasteiger partial charge in [0.25, 0.3) is 5.91 Å². The standard InChI is InChI=1S/C21H28N2O4S/c1-14-7-12-20(15(2)13-14)16(3)22-21(24)17(4)27-19-10-8-18(9-11-19)23(5)28(6,25)26/h7-13,16-17H,1-6H3,(H,22,24)/t16-,17-/m1/s1. The van der Waals surface area contributed by atoms with Crippen LogP contribution in [0.5, 0.6) is 5.75 Å². The normalized spacial score (nSPS) is 13.5. The number of anilines is 1. The van der Waals surface area contributed by atoms with Crippen LogP contribution in [0.1, 0.15) is 36.6 Å². The number of sulfonamides is 1. The zero-order chi connectivity index (χ0) is 21.1. The first-order chi connectivity index (χ1) is 13.0. The van der Waals surface area contributed by atoms with Gasteiger partial charge in [-0.05, 0) is 63.1 Å². The van der Waals surface area contributed by atoms with Crippen molar-refractivity contribution in [1.29, 1.82) is 0 Å². The zero-order valence-electron chi connectivity index (χ0n) is 17.2. The maximum absolute atomic E-state index is 12.5. The van der Waals surface area contributed by atoms with Crippen molar-refractivity contribution in [3.8, 4) is 5.75 Å². The number of hydrogen-bond acceptors (Lipinski definition) is 4. The molecule has 2 aromatic carbocycles. The molecule has 152 valence electrons. The number of benzene rings is 2. The lowest BCUT2D eigenvalue weighted by molar-refractivity contribution is -0.127. The molecule has 0 aromatic heterocycles. The van der Waals surface area contributed by atoms with Gasteiger partial charge in [-0.3, -0.25) is 9.10 Å². The van der Waals surface area contributed by atoms with E-state index in [1.54, 1.807) is 31.2 Å². The maximum atomic E-state index is 12.5. The summed E-state index contributed by atoms with van der Waals surface area (Å²) < 4.78 is 30.1. The fourth-order valence-corrected chi connectivity index (χ4v) is 3.41. The van der Waals surface area contributed by atoms with Crippen LogP contribution >= 0.6 is 0 Å². The second-order valence-corrected chi connectivity index (χ2v) is 9.09. The molecule has 2 aromatic rings. The number of nitrogens with one attached hydrogen (secondary N) is 1. The summed E-state index contributed by atoms with van der Waals surface area (Å²) in [5.41, 5.74) is 3.91. The van der Waals surface area contributed by atoms with Crippen molar-refractivity contribution in [2.45, 2.75) is 39.8 Å². The van der Waals surface area contributed by atoms with Crippen LogP contribution in [-0.2, 0) is 14.8 Å². The minimum atomic E-state index is -3.32. The van der Waals surface area contributed by atoms with E-state index in [2.05, 4.69) is 11.4 Å². The number of amides is 1. The molecule has 0 fully saturated rings. The predicted molar refractivity (Wildman–Crippen MR) is 112 cm³/mol. The molecule has 0 aliphatic heterocycles. The molecule has 1 N–H and O–H groups in total. The van der Waals surface area contributed by atoms with Gasteiger partial charge in [0.05, 0.1) is 18.0 Å². The van der Waals surface area contributed by atoms with Gasteiger partial charge in [-0.15, -0.1) is 0 Å². The van der Waals surface area contributed by atoms with Crippen molar-refractivity contribution in [2.24, 2.45) is 0 Å². The third kappa shape index (κ3) is 5.48. The monoisotopic (exact) mass is 404 g/mol. The molecule has 0 unspecified atom stereocenters. The van der Waals surface area contributed by atoms with Crippen molar-refractivity contribution in [2.75, 3.05) is 17.6 Å². The van der Waals surface area contributed by atoms with E-state index in [0.29, 0.717) is 11.4 Å². The molecule has 2 atom stereocenters. The Hall–Kier alpha value is -2.54. The molecule has 6 nitrogen and oxygen atoms in total. The number of nitrogens with zero attached hydrogens (tertiary/aromatic N) is 1. The second kappa shape index (κ2) is 8.65. The summed E-state index contributed by atoms with van der Waals surface area (Å²) >= 11 is 0. The van der Waals surface area contributed by atoms with Crippen molar-refractivity contribution in [1.82, 2.24) is 5.32 Å². The van der Waals surface area contributed by atoms with Gasteiger partial charge in [0.2, 0.25) is 10.0 Å². The molecule has 0 saturated heterocycles. The van der Waals surface area contributed by atoms with Crippen molar-refractivity contribution >= 4 is 21.6 Å². The SMILES string of the molecule is Cc1ccc([C@@H](C)NC(=O)[C@@H](C)Oc2ccc(N(C)S(C)(=O)=O)cc2)c(C)c1. The molecular weight excluding hydrogens is 376 g/mol. The highest BCUT2D eigenvalue weighted by atomic mass is 32.2. The maximum Gasteiger partial charge on any atom is 0.261 e. The molecule has 28 heavy (non-hydrogen) atoms. The van der Waals surface area contributed by atoms with Crippen LogP contribution in [0.4, 0.5) is 5.69 Å². The first-order valence-electron chi connectivity index (χ1n) is 9.07. The molecule has 1 amide bonds. The van der Waals surface area contributed by atoms with Crippen LogP contribution in [0.2, 0.25) is 0 Å². The van der Waals surface area contributed by atoms with E-state index in [1.165, 1.54) is 16.9 Å². The first-order valence-corrected chi connectivity index (χ1v) is 10.9. The first kappa shape index (κ1) is 21.8. The van der Waals surface area contributed by atoms with Crippen LogP contribution in [-0.4, -0.2) is 33.7 Å². The number of carbonyl (C=O) groups excluding carboxylic acids is 1. The molecule has 2 rings (SSSR count). The molecule has 0 radical (unpaired) electrons. The Balaban J connectivity index is 2.00. The summed E-state index contributed by atoms with van der Waals surface area (Å²) in [6.45, 7) is 7.69. The molecular formula is C21H28N2O4S. The lowest BCUT2D eigenvalue weighted by atomic mass is 10.0. The van der Waals surface area contributed by atoms with Crippen LogP contribution in [0.15, 0.2) is 42.5 Å². The Kier molecular flexibility index (Phi) is 6.72. The quantitative estimate of drug-likeness (QED) is 0.768. The molecule has 0 aliphatic carbocycles. The summed E-state index contributed by atoms with van der Waals surface area (Å²) in [5.74, 6) is 0.275. The van der Waals surface area contributed by atoms with Crippen molar-refractivity contribution in [3.63, 3.8) is 0 Å². The third-order valence-corrected chi connectivity index (χ3v) is 5.84. The Morgan fingerprint density at radius 3 is 2.21 bits per heavy atom. The van der Waals surface area contributed by atoms with Gasteiger partial charge in [-0.25, -0.2) is 8.42 Å². The second-order valence-electron chi connectivity index (χ2n) is 7.07. The van der Waals surface area contributed by atoms with E-state index >= 15 is 0 Å². The molecule has 7 heteroatoms. The zero-order valence-corrected chi connectivity index (χ0v) is 18.0. The van der Waals surface area contributed by atoms with Crippen molar-refractivity contribution in [3.05, 3.63) is 59.2 Å². The van der Waals surface area contributed by atoms with Gasteiger partial charge in [0.1, 0.15) is 5.75 Å². The molecule has 0 aliphatic rings. The predicted octanol–water partition coefficient (Wildman–Crippen LogP) is 3.34. The highest BCUT2D eigenvalue weighted by molar-refractivity contribution is 7.92. The molecule has 0 bridgehead atoms. The van der Waals surface area contributed by atoms with E-state index in [1.807, 2.05) is 32.9 Å². The fourth-order valence-electron chi connectivity index (χ4n) is 2.90. The third-order valence-electron chi connectivity index (χ3n) is 4.63. The number of aryl methyl sites for hydroxylation is 2. The van der Waals surface area contributed by atoms with E-state index in [4.69, 9.17) is 4.74 Å². The minimum Gasteiger partial charge on any atom is -0.481 e. The van der Waals surface area contributed by atoms with Gasteiger partial charge < -0.3 is 10.1 Å². The van der Waals surface area contributed by atoms with Crippen LogP contribution in [0.25, 0.3) is 0 Å². The summed E-state index contributed by atoms with van der Waals surface area (Å²) in [5, 5.41) is 2.97. The summed E-state index contributed by atoms with van der Waals surface area (Å²) in [6.07, 6.45) is 0.451. The van der Waals surface area contributed by atoms with E-state index in [-0.39, 0.29) is 11.9 Å². The number of ether oxygens (including phenoxy) is 1. The van der Waals surface area contributed by atoms with E-state index in [9.17, 15) is 13.2 Å². The largest absolute Gasteiger partial charge is 0.481 e. The summed E-state index contributed by atoms with van der Waals surface area (Å²) in [4.78, 5) is 12.5. The average Bonchev–Trinajstić information content (AvgIpc) is 2.60. The van der Waals surface area contributed by atoms with Gasteiger partial charge in [-0.2, -0.15) is 0 Å². The Bertz CT molecular complexity index is 939. The Morgan fingerprint density at radius 1 is 1.07 bits per heavy atom. The summed E-state index contributed by atoms with van der Waals surface area (Å²) in [7, 11) is -1.84. The van der Waals surface area contributed by atoms with Crippen molar-refractivity contribution < 1.29 is 17.9 Å². The Labute approximate surface area is 167 Å². The average molecular weight is 405 g/mol. The molecule has 0 spiro atoms. The van der Waals surface area contributed by atoms with Gasteiger partial charge >= 0.3 is 0 Å². The van der Waals surface area contributed by atoms with Crippen LogP contribution in [0.3, 0.4) is 0 Å². The number of hydrogen-bond donors (Lipinski definition) is 1. The van der Waals surface area contributed by atoms with E-state index in [0.717, 1.165) is 17.4 Å². The highest BCUT2D eigenvalue weighted by Crippen LogP contribution is 2.22. The fraction of sp³-hybridized carbons (Fsp3) is 0.381.